The molecule has 1 aromatic heterocycles. The summed E-state index contributed by atoms with van der Waals surface area (Å²) in [5.74, 6) is 0.480. The molecule has 1 heterocycles. The molecule has 1 N–H and O–H groups in total. The second kappa shape index (κ2) is 7.60. The van der Waals surface area contributed by atoms with E-state index >= 15 is 0 Å². The first kappa shape index (κ1) is 16.0. The minimum Gasteiger partial charge on any atom is -0.320 e. The molecule has 110 valence electrons. The molecule has 0 saturated carbocycles. The first-order chi connectivity index (χ1) is 9.90. The van der Waals surface area contributed by atoms with Crippen LogP contribution in [-0.4, -0.2) is 13.6 Å². The number of hydrogen-bond acceptors (Lipinski definition) is 2. The number of thiophene rings is 1. The summed E-state index contributed by atoms with van der Waals surface area (Å²) < 4.78 is 0. The number of fused-ring (bicyclic) bond motifs is 1. The van der Waals surface area contributed by atoms with Crippen LogP contribution in [0.25, 0.3) is 10.8 Å². The van der Waals surface area contributed by atoms with Crippen LogP contribution in [0.15, 0.2) is 60.0 Å². The van der Waals surface area contributed by atoms with Gasteiger partial charge in [0.15, 0.2) is 0 Å². The van der Waals surface area contributed by atoms with Crippen LogP contribution in [0.3, 0.4) is 0 Å². The molecule has 0 saturated heterocycles. The van der Waals surface area contributed by atoms with Crippen molar-refractivity contribution in [3.05, 3.63) is 70.4 Å². The quantitative estimate of drug-likeness (QED) is 0.693. The van der Waals surface area contributed by atoms with Gasteiger partial charge in [0.2, 0.25) is 0 Å². The van der Waals surface area contributed by atoms with Gasteiger partial charge in [-0.25, -0.2) is 0 Å². The highest BCUT2D eigenvalue weighted by atomic mass is 35.5. The highest BCUT2D eigenvalue weighted by molar-refractivity contribution is 7.10. The third-order valence-corrected chi connectivity index (χ3v) is 4.75. The Kier molecular flexibility index (Phi) is 5.80. The molecule has 3 rings (SSSR count). The zero-order valence-corrected chi connectivity index (χ0v) is 13.7. The summed E-state index contributed by atoms with van der Waals surface area (Å²) in [6.45, 7) is 1.03. The standard InChI is InChI=1S/C18H19NS.ClH/c1-19-12-11-17(18-10-5-13-20-18)16-9-4-7-14-6-2-3-8-15(14)16;/h2-10,13,17,19H,11-12H2,1H3;1H/t17-;/m0./s1. The van der Waals surface area contributed by atoms with Crippen LogP contribution in [0.4, 0.5) is 0 Å². The normalized spacial score (nSPS) is 12.0. The molecule has 3 aromatic rings. The maximum absolute atomic E-state index is 3.28. The fourth-order valence-corrected chi connectivity index (χ4v) is 3.66. The summed E-state index contributed by atoms with van der Waals surface area (Å²) in [5, 5.41) is 8.16. The lowest BCUT2D eigenvalue weighted by Gasteiger charge is -2.18. The van der Waals surface area contributed by atoms with Crippen molar-refractivity contribution < 1.29 is 0 Å². The van der Waals surface area contributed by atoms with Gasteiger partial charge in [-0.3, -0.25) is 0 Å². The van der Waals surface area contributed by atoms with Crippen molar-refractivity contribution in [2.45, 2.75) is 12.3 Å². The predicted octanol–water partition coefficient (Wildman–Crippen LogP) is 5.06. The molecule has 0 unspecified atom stereocenters. The van der Waals surface area contributed by atoms with Crippen molar-refractivity contribution in [1.82, 2.24) is 5.32 Å². The predicted molar refractivity (Wildman–Crippen MR) is 95.9 cm³/mol. The van der Waals surface area contributed by atoms with E-state index in [9.17, 15) is 0 Å². The molecular weight excluding hydrogens is 298 g/mol. The monoisotopic (exact) mass is 317 g/mol. The van der Waals surface area contributed by atoms with Gasteiger partial charge >= 0.3 is 0 Å². The van der Waals surface area contributed by atoms with Gasteiger partial charge in [-0.05, 0) is 47.8 Å². The van der Waals surface area contributed by atoms with Crippen LogP contribution in [0, 0.1) is 0 Å². The van der Waals surface area contributed by atoms with E-state index in [2.05, 4.69) is 65.3 Å². The smallest absolute Gasteiger partial charge is 0.0202 e. The van der Waals surface area contributed by atoms with Gasteiger partial charge in [0.05, 0.1) is 0 Å². The zero-order chi connectivity index (χ0) is 13.8. The van der Waals surface area contributed by atoms with Gasteiger partial charge in [-0.2, -0.15) is 0 Å². The van der Waals surface area contributed by atoms with E-state index in [4.69, 9.17) is 0 Å². The summed E-state index contributed by atoms with van der Waals surface area (Å²) >= 11 is 1.86. The summed E-state index contributed by atoms with van der Waals surface area (Å²) in [6.07, 6.45) is 1.13. The maximum Gasteiger partial charge on any atom is 0.0202 e. The molecule has 0 bridgehead atoms. The molecule has 2 aromatic carbocycles. The summed E-state index contributed by atoms with van der Waals surface area (Å²) in [6, 6.07) is 19.7. The Morgan fingerprint density at radius 2 is 1.81 bits per heavy atom. The van der Waals surface area contributed by atoms with Crippen molar-refractivity contribution in [2.75, 3.05) is 13.6 Å². The molecule has 21 heavy (non-hydrogen) atoms. The minimum absolute atomic E-state index is 0. The third-order valence-electron chi connectivity index (χ3n) is 3.77. The Morgan fingerprint density at radius 1 is 1.00 bits per heavy atom. The summed E-state index contributed by atoms with van der Waals surface area (Å²) in [5.41, 5.74) is 1.45. The van der Waals surface area contributed by atoms with Crippen molar-refractivity contribution in [3.8, 4) is 0 Å². The van der Waals surface area contributed by atoms with Crippen molar-refractivity contribution in [1.29, 1.82) is 0 Å². The van der Waals surface area contributed by atoms with Gasteiger partial charge in [0, 0.05) is 10.8 Å². The molecule has 1 atom stereocenters. The molecule has 0 aliphatic heterocycles. The van der Waals surface area contributed by atoms with Crippen molar-refractivity contribution in [3.63, 3.8) is 0 Å². The van der Waals surface area contributed by atoms with Crippen LogP contribution in [0.5, 0.6) is 0 Å². The number of rotatable bonds is 5. The van der Waals surface area contributed by atoms with E-state index in [1.165, 1.54) is 21.2 Å². The summed E-state index contributed by atoms with van der Waals surface area (Å²) in [7, 11) is 2.02. The van der Waals surface area contributed by atoms with Gasteiger partial charge in [-0.15, -0.1) is 23.7 Å². The van der Waals surface area contributed by atoms with Crippen molar-refractivity contribution >= 4 is 34.5 Å². The average Bonchev–Trinajstić information content (AvgIpc) is 3.02. The number of benzene rings is 2. The van der Waals surface area contributed by atoms with Gasteiger partial charge in [0.1, 0.15) is 0 Å². The third kappa shape index (κ3) is 3.46. The topological polar surface area (TPSA) is 12.0 Å². The number of nitrogens with one attached hydrogen (secondary N) is 1. The fourth-order valence-electron chi connectivity index (χ4n) is 2.78. The molecule has 3 heteroatoms. The van der Waals surface area contributed by atoms with Crippen molar-refractivity contribution in [2.24, 2.45) is 0 Å². The first-order valence-corrected chi connectivity index (χ1v) is 7.94. The largest absolute Gasteiger partial charge is 0.320 e. The second-order valence-electron chi connectivity index (χ2n) is 5.03. The van der Waals surface area contributed by atoms with E-state index in [0.717, 1.165) is 13.0 Å². The Balaban J connectivity index is 0.00000161. The maximum atomic E-state index is 3.28. The molecule has 0 fully saturated rings. The van der Waals surface area contributed by atoms with Crippen LogP contribution < -0.4 is 5.32 Å². The molecule has 1 nitrogen and oxygen atoms in total. The van der Waals surface area contributed by atoms with Gasteiger partial charge < -0.3 is 5.32 Å². The lowest BCUT2D eigenvalue weighted by molar-refractivity contribution is 0.671. The van der Waals surface area contributed by atoms with Crippen LogP contribution in [0.1, 0.15) is 22.8 Å². The van der Waals surface area contributed by atoms with E-state index in [1.807, 2.05) is 18.4 Å². The van der Waals surface area contributed by atoms with E-state index in [0.29, 0.717) is 5.92 Å². The SMILES string of the molecule is CNCC[C@H](c1cccs1)c1cccc2ccccc12.Cl. The van der Waals surface area contributed by atoms with Gasteiger partial charge in [0.25, 0.3) is 0 Å². The molecular formula is C18H20ClNS. The molecule has 0 spiro atoms. The first-order valence-electron chi connectivity index (χ1n) is 7.06. The number of halogens is 1. The molecule has 0 amide bonds. The summed E-state index contributed by atoms with van der Waals surface area (Å²) in [4.78, 5) is 1.46. The fraction of sp³-hybridized carbons (Fsp3) is 0.222. The Morgan fingerprint density at radius 3 is 2.57 bits per heavy atom. The molecule has 0 aliphatic rings. The van der Waals surface area contributed by atoms with E-state index in [-0.39, 0.29) is 12.4 Å². The molecule has 0 radical (unpaired) electrons. The lowest BCUT2D eigenvalue weighted by Crippen LogP contribution is -2.12. The Bertz CT molecular complexity index is 673. The highest BCUT2D eigenvalue weighted by Gasteiger charge is 2.16. The van der Waals surface area contributed by atoms with Crippen LogP contribution in [0.2, 0.25) is 0 Å². The van der Waals surface area contributed by atoms with Crippen LogP contribution >= 0.6 is 23.7 Å². The highest BCUT2D eigenvalue weighted by Crippen LogP contribution is 2.35. The Hall–Kier alpha value is -1.35. The Labute approximate surface area is 136 Å². The lowest BCUT2D eigenvalue weighted by atomic mass is 9.90. The van der Waals surface area contributed by atoms with E-state index < -0.39 is 0 Å². The molecule has 0 aliphatic carbocycles. The second-order valence-corrected chi connectivity index (χ2v) is 6.01. The van der Waals surface area contributed by atoms with E-state index in [1.54, 1.807) is 0 Å². The van der Waals surface area contributed by atoms with Gasteiger partial charge in [-0.1, -0.05) is 48.5 Å². The number of hydrogen-bond donors (Lipinski definition) is 1. The van der Waals surface area contributed by atoms with Crippen LogP contribution in [-0.2, 0) is 0 Å². The zero-order valence-electron chi connectivity index (χ0n) is 12.1. The minimum atomic E-state index is 0. The average molecular weight is 318 g/mol.